The molecule has 7 heteroatoms. The van der Waals surface area contributed by atoms with Crippen LogP contribution in [0.5, 0.6) is 0 Å². The molecule has 0 bridgehead atoms. The molecule has 1 aromatic carbocycles. The van der Waals surface area contributed by atoms with Gasteiger partial charge in [0.1, 0.15) is 0 Å². The molecule has 132 valence electrons. The molecular formula is C17H21F3N2O2. The normalized spacial score (nSPS) is 24.0. The minimum atomic E-state index is -4.44. The second-order valence-corrected chi connectivity index (χ2v) is 6.82. The van der Waals surface area contributed by atoms with Crippen LogP contribution >= 0.6 is 0 Å². The van der Waals surface area contributed by atoms with Crippen LogP contribution in [0.4, 0.5) is 23.7 Å². The van der Waals surface area contributed by atoms with Crippen molar-refractivity contribution < 1.29 is 22.7 Å². The molecule has 1 aromatic rings. The molecule has 0 spiro atoms. The first-order valence-electron chi connectivity index (χ1n) is 8.15. The Morgan fingerprint density at radius 2 is 2.00 bits per heavy atom. The molecule has 0 unspecified atom stereocenters. The first-order valence-corrected chi connectivity index (χ1v) is 8.15. The fraction of sp³-hybridized carbons (Fsp3) is 0.588. The molecule has 0 radical (unpaired) electrons. The van der Waals surface area contributed by atoms with Gasteiger partial charge in [-0.3, -0.25) is 4.90 Å². The van der Waals surface area contributed by atoms with Gasteiger partial charge in [0.05, 0.1) is 17.4 Å². The lowest BCUT2D eigenvalue weighted by atomic mass is 9.88. The van der Waals surface area contributed by atoms with Crippen molar-refractivity contribution in [1.29, 1.82) is 0 Å². The number of hydrogen-bond donors (Lipinski definition) is 1. The van der Waals surface area contributed by atoms with Gasteiger partial charge in [-0.05, 0) is 62.8 Å². The van der Waals surface area contributed by atoms with E-state index >= 15 is 0 Å². The molecule has 1 fully saturated rings. The number of nitrogens with two attached hydrogens (primary N) is 1. The number of halogens is 3. The van der Waals surface area contributed by atoms with E-state index in [1.54, 1.807) is 13.8 Å². The van der Waals surface area contributed by atoms with Crippen LogP contribution in [-0.2, 0) is 10.9 Å². The average molecular weight is 342 g/mol. The Labute approximate surface area is 138 Å². The van der Waals surface area contributed by atoms with E-state index in [1.807, 2.05) is 0 Å². The number of hydrogen-bond acceptors (Lipinski definition) is 3. The van der Waals surface area contributed by atoms with E-state index in [2.05, 4.69) is 0 Å². The lowest BCUT2D eigenvalue weighted by Crippen LogP contribution is -2.48. The zero-order valence-electron chi connectivity index (χ0n) is 13.6. The third-order valence-corrected chi connectivity index (χ3v) is 4.54. The van der Waals surface area contributed by atoms with Gasteiger partial charge in [0.25, 0.3) is 0 Å². The maximum absolute atomic E-state index is 13.0. The number of ether oxygens (including phenoxy) is 1. The Morgan fingerprint density at radius 3 is 2.54 bits per heavy atom. The summed E-state index contributed by atoms with van der Waals surface area (Å²) in [4.78, 5) is 14.1. The van der Waals surface area contributed by atoms with Crippen molar-refractivity contribution in [2.24, 2.45) is 11.7 Å². The van der Waals surface area contributed by atoms with Gasteiger partial charge in [-0.2, -0.15) is 13.2 Å². The number of anilines is 1. The van der Waals surface area contributed by atoms with Gasteiger partial charge in [-0.25, -0.2) is 4.79 Å². The number of benzene rings is 1. The summed E-state index contributed by atoms with van der Waals surface area (Å²) < 4.78 is 44.3. The smallest absolute Gasteiger partial charge is 0.416 e. The fourth-order valence-corrected chi connectivity index (χ4v) is 3.29. The molecule has 1 aliphatic heterocycles. The van der Waals surface area contributed by atoms with Crippen LogP contribution in [0.25, 0.3) is 0 Å². The summed E-state index contributed by atoms with van der Waals surface area (Å²) in [6, 6.07) is 2.76. The summed E-state index contributed by atoms with van der Waals surface area (Å²) in [6.45, 7) is 3.49. The molecule has 2 N–H and O–H groups in total. The van der Waals surface area contributed by atoms with Crippen molar-refractivity contribution in [2.75, 3.05) is 4.90 Å². The topological polar surface area (TPSA) is 55.6 Å². The highest BCUT2D eigenvalue weighted by atomic mass is 19.4. The number of nitrogens with zero attached hydrogens (tertiary/aromatic N) is 1. The predicted octanol–water partition coefficient (Wildman–Crippen LogP) is 4.24. The fourth-order valence-electron chi connectivity index (χ4n) is 3.29. The molecule has 1 heterocycles. The van der Waals surface area contributed by atoms with Crippen molar-refractivity contribution in [3.05, 3.63) is 29.3 Å². The summed E-state index contributed by atoms with van der Waals surface area (Å²) in [5.74, 6) is 0.339. The van der Waals surface area contributed by atoms with Crippen LogP contribution in [0.1, 0.15) is 50.3 Å². The second-order valence-electron chi connectivity index (χ2n) is 6.82. The maximum Gasteiger partial charge on any atom is 0.416 e. The van der Waals surface area contributed by atoms with Gasteiger partial charge in [0.15, 0.2) is 0 Å². The van der Waals surface area contributed by atoms with Gasteiger partial charge in [-0.15, -0.1) is 0 Å². The minimum absolute atomic E-state index is 0.115. The van der Waals surface area contributed by atoms with E-state index < -0.39 is 23.9 Å². The summed E-state index contributed by atoms with van der Waals surface area (Å²) in [7, 11) is 0. The van der Waals surface area contributed by atoms with E-state index in [1.165, 1.54) is 11.0 Å². The zero-order valence-corrected chi connectivity index (χ0v) is 13.6. The first-order chi connectivity index (χ1) is 11.2. The van der Waals surface area contributed by atoms with Gasteiger partial charge >= 0.3 is 12.3 Å². The molecule has 24 heavy (non-hydrogen) atoms. The highest BCUT2D eigenvalue weighted by Crippen LogP contribution is 2.47. The van der Waals surface area contributed by atoms with Gasteiger partial charge < -0.3 is 10.5 Å². The molecule has 1 aliphatic carbocycles. The van der Waals surface area contributed by atoms with Crippen molar-refractivity contribution in [1.82, 2.24) is 0 Å². The molecule has 2 atom stereocenters. The minimum Gasteiger partial charge on any atom is -0.446 e. The van der Waals surface area contributed by atoms with E-state index in [0.717, 1.165) is 25.0 Å². The summed E-state index contributed by atoms with van der Waals surface area (Å²) in [5, 5.41) is 0. The molecule has 4 nitrogen and oxygen atoms in total. The Morgan fingerprint density at radius 1 is 1.33 bits per heavy atom. The summed E-state index contributed by atoms with van der Waals surface area (Å²) in [6.07, 6.45) is -2.81. The van der Waals surface area contributed by atoms with Gasteiger partial charge in [0.2, 0.25) is 0 Å². The number of carbonyl (C=O) groups excluding carboxylic acids is 1. The maximum atomic E-state index is 13.0. The summed E-state index contributed by atoms with van der Waals surface area (Å²) >= 11 is 0. The number of alkyl halides is 3. The second kappa shape index (κ2) is 5.95. The quantitative estimate of drug-likeness (QED) is 0.875. The van der Waals surface area contributed by atoms with Crippen LogP contribution < -0.4 is 10.6 Å². The van der Waals surface area contributed by atoms with E-state index in [9.17, 15) is 18.0 Å². The van der Waals surface area contributed by atoms with Crippen molar-refractivity contribution in [3.63, 3.8) is 0 Å². The molecule has 2 aliphatic rings. The van der Waals surface area contributed by atoms with Gasteiger partial charge in [-0.1, -0.05) is 0 Å². The van der Waals surface area contributed by atoms with Crippen molar-refractivity contribution in [2.45, 2.75) is 57.5 Å². The van der Waals surface area contributed by atoms with Crippen LogP contribution in [0.3, 0.4) is 0 Å². The Kier molecular flexibility index (Phi) is 4.23. The Bertz CT molecular complexity index is 641. The average Bonchev–Trinajstić information content (AvgIpc) is 3.29. The van der Waals surface area contributed by atoms with Crippen LogP contribution in [0, 0.1) is 5.92 Å². The highest BCUT2D eigenvalue weighted by Gasteiger charge is 2.44. The van der Waals surface area contributed by atoms with Crippen molar-refractivity contribution >= 4 is 11.8 Å². The van der Waals surface area contributed by atoms with Crippen LogP contribution in [0.15, 0.2) is 18.2 Å². The van der Waals surface area contributed by atoms with Crippen LogP contribution in [0.2, 0.25) is 0 Å². The molecule has 3 rings (SSSR count). The van der Waals surface area contributed by atoms with Crippen molar-refractivity contribution in [3.8, 4) is 0 Å². The standard InChI is InChI=1S/C17H21F3N2O2/c1-9(2)24-16(23)22-14-6-5-11(17(18,19)20)7-12(14)13(21)8-15(22)10-3-4-10/h5-7,9-10,13,15H,3-4,8,21H2,1-2H3/t13-,15-/m0/s1. The molecule has 1 saturated carbocycles. The molecule has 1 amide bonds. The lowest BCUT2D eigenvalue weighted by molar-refractivity contribution is -0.137. The van der Waals surface area contributed by atoms with E-state index in [0.29, 0.717) is 23.6 Å². The summed E-state index contributed by atoms with van der Waals surface area (Å²) in [5.41, 5.74) is 6.16. The molecular weight excluding hydrogens is 321 g/mol. The largest absolute Gasteiger partial charge is 0.446 e. The number of carbonyl (C=O) groups is 1. The Balaban J connectivity index is 2.02. The molecule has 0 aromatic heterocycles. The third-order valence-electron chi connectivity index (χ3n) is 4.54. The third kappa shape index (κ3) is 3.22. The zero-order chi connectivity index (χ0) is 17.6. The van der Waals surface area contributed by atoms with E-state index in [4.69, 9.17) is 10.5 Å². The van der Waals surface area contributed by atoms with Gasteiger partial charge in [0, 0.05) is 12.1 Å². The lowest BCUT2D eigenvalue weighted by Gasteiger charge is -2.40. The predicted molar refractivity (Wildman–Crippen MR) is 83.6 cm³/mol. The Hall–Kier alpha value is -1.76. The van der Waals surface area contributed by atoms with Crippen LogP contribution in [-0.4, -0.2) is 18.2 Å². The highest BCUT2D eigenvalue weighted by molar-refractivity contribution is 5.90. The SMILES string of the molecule is CC(C)OC(=O)N1c2ccc(C(F)(F)F)cc2[C@@H](N)C[C@H]1C1CC1. The monoisotopic (exact) mass is 342 g/mol. The molecule has 0 saturated heterocycles. The number of fused-ring (bicyclic) bond motifs is 1. The number of amides is 1. The van der Waals surface area contributed by atoms with E-state index in [-0.39, 0.29) is 12.1 Å². The number of rotatable bonds is 2. The first kappa shape index (κ1) is 17.1.